The standard InChI is InChI=1S/C21H23F3N4O4S/c22-21(23,24)32-16-5-7-17(8-6-16)33(30,31)25-11-14-27-12-9-15(10-13-27)28-19-4-2-1-3-18(19)26-20(28)29/h1-8,15,25H,9-14H2,(H,26,29). The van der Waals surface area contributed by atoms with Gasteiger partial charge >= 0.3 is 12.1 Å². The highest BCUT2D eigenvalue weighted by Crippen LogP contribution is 2.25. The Kier molecular flexibility index (Phi) is 6.50. The molecule has 33 heavy (non-hydrogen) atoms. The number of likely N-dealkylation sites (tertiary alicyclic amines) is 1. The van der Waals surface area contributed by atoms with E-state index in [1.165, 1.54) is 0 Å². The Bertz CT molecular complexity index is 1260. The third kappa shape index (κ3) is 5.57. The molecule has 8 nitrogen and oxygen atoms in total. The molecule has 1 aliphatic rings. The van der Waals surface area contributed by atoms with Crippen LogP contribution in [0.1, 0.15) is 18.9 Å². The summed E-state index contributed by atoms with van der Waals surface area (Å²) in [6.07, 6.45) is -3.32. The van der Waals surface area contributed by atoms with Gasteiger partial charge in [-0.05, 0) is 49.2 Å². The van der Waals surface area contributed by atoms with Gasteiger partial charge in [-0.3, -0.25) is 4.57 Å². The molecule has 1 aliphatic heterocycles. The van der Waals surface area contributed by atoms with Crippen LogP contribution in [0.15, 0.2) is 58.2 Å². The van der Waals surface area contributed by atoms with Crippen LogP contribution in [0.5, 0.6) is 5.75 Å². The summed E-state index contributed by atoms with van der Waals surface area (Å²) in [5, 5.41) is 0. The van der Waals surface area contributed by atoms with Crippen LogP contribution in [0.2, 0.25) is 0 Å². The monoisotopic (exact) mass is 484 g/mol. The van der Waals surface area contributed by atoms with E-state index >= 15 is 0 Å². The quantitative estimate of drug-likeness (QED) is 0.538. The molecule has 2 N–H and O–H groups in total. The second kappa shape index (κ2) is 9.20. The number of para-hydroxylation sites is 2. The van der Waals surface area contributed by atoms with Gasteiger partial charge in [0.1, 0.15) is 5.75 Å². The van der Waals surface area contributed by atoms with E-state index in [1.807, 2.05) is 24.3 Å². The highest BCUT2D eigenvalue weighted by Gasteiger charge is 2.31. The Balaban J connectivity index is 1.28. The van der Waals surface area contributed by atoms with E-state index in [0.29, 0.717) is 19.6 Å². The highest BCUT2D eigenvalue weighted by molar-refractivity contribution is 7.89. The number of nitrogens with one attached hydrogen (secondary N) is 2. The number of benzene rings is 2. The number of aromatic amines is 1. The van der Waals surface area contributed by atoms with Crippen molar-refractivity contribution in [2.75, 3.05) is 26.2 Å². The van der Waals surface area contributed by atoms with Crippen molar-refractivity contribution >= 4 is 21.1 Å². The van der Waals surface area contributed by atoms with Gasteiger partial charge in [-0.15, -0.1) is 13.2 Å². The third-order valence-corrected chi connectivity index (χ3v) is 7.11. The molecule has 2 heterocycles. The summed E-state index contributed by atoms with van der Waals surface area (Å²) in [6, 6.07) is 11.7. The first-order chi connectivity index (χ1) is 15.6. The van der Waals surface area contributed by atoms with Crippen molar-refractivity contribution in [2.24, 2.45) is 0 Å². The van der Waals surface area contributed by atoms with Crippen LogP contribution >= 0.6 is 0 Å². The smallest absolute Gasteiger partial charge is 0.406 e. The molecule has 0 aliphatic carbocycles. The zero-order chi connectivity index (χ0) is 23.6. The van der Waals surface area contributed by atoms with Crippen LogP contribution in [0.4, 0.5) is 13.2 Å². The summed E-state index contributed by atoms with van der Waals surface area (Å²) in [6.45, 7) is 2.05. The van der Waals surface area contributed by atoms with E-state index in [0.717, 1.165) is 48.1 Å². The van der Waals surface area contributed by atoms with Crippen LogP contribution in [-0.4, -0.2) is 55.4 Å². The zero-order valence-corrected chi connectivity index (χ0v) is 18.3. The van der Waals surface area contributed by atoms with Crippen LogP contribution < -0.4 is 15.1 Å². The van der Waals surface area contributed by atoms with E-state index in [1.54, 1.807) is 4.57 Å². The minimum absolute atomic E-state index is 0.0685. The van der Waals surface area contributed by atoms with Gasteiger partial charge in [0.05, 0.1) is 15.9 Å². The molecular weight excluding hydrogens is 461 g/mol. The van der Waals surface area contributed by atoms with Crippen molar-refractivity contribution in [1.82, 2.24) is 19.2 Å². The van der Waals surface area contributed by atoms with E-state index in [-0.39, 0.29) is 23.2 Å². The number of halogens is 3. The molecule has 12 heteroatoms. The number of sulfonamides is 1. The molecule has 0 radical (unpaired) electrons. The first-order valence-corrected chi connectivity index (χ1v) is 11.9. The maximum absolute atomic E-state index is 12.4. The largest absolute Gasteiger partial charge is 0.573 e. The summed E-state index contributed by atoms with van der Waals surface area (Å²) < 4.78 is 69.5. The van der Waals surface area contributed by atoms with Crippen molar-refractivity contribution in [3.05, 3.63) is 59.0 Å². The predicted octanol–water partition coefficient (Wildman–Crippen LogP) is 2.84. The van der Waals surface area contributed by atoms with Gasteiger partial charge < -0.3 is 14.6 Å². The van der Waals surface area contributed by atoms with Gasteiger partial charge in [-0.25, -0.2) is 17.9 Å². The van der Waals surface area contributed by atoms with E-state index in [4.69, 9.17) is 0 Å². The number of hydrogen-bond donors (Lipinski definition) is 2. The lowest BCUT2D eigenvalue weighted by atomic mass is 10.0. The van der Waals surface area contributed by atoms with Crippen molar-refractivity contribution in [2.45, 2.75) is 30.1 Å². The second-order valence-electron chi connectivity index (χ2n) is 7.81. The van der Waals surface area contributed by atoms with Gasteiger partial charge in [0, 0.05) is 32.2 Å². The molecule has 3 aromatic rings. The molecule has 0 unspecified atom stereocenters. The van der Waals surface area contributed by atoms with Crippen molar-refractivity contribution in [1.29, 1.82) is 0 Å². The van der Waals surface area contributed by atoms with Gasteiger partial charge in [0.2, 0.25) is 10.0 Å². The summed E-state index contributed by atoms with van der Waals surface area (Å²) in [5.41, 5.74) is 1.55. The van der Waals surface area contributed by atoms with Crippen LogP contribution in [0.25, 0.3) is 11.0 Å². The predicted molar refractivity (Wildman–Crippen MR) is 116 cm³/mol. The fraction of sp³-hybridized carbons (Fsp3) is 0.381. The molecule has 0 atom stereocenters. The Morgan fingerprint density at radius 1 is 1.06 bits per heavy atom. The van der Waals surface area contributed by atoms with Gasteiger partial charge in [0.15, 0.2) is 0 Å². The topological polar surface area (TPSA) is 96.4 Å². The minimum Gasteiger partial charge on any atom is -0.406 e. The van der Waals surface area contributed by atoms with E-state index < -0.39 is 22.1 Å². The first-order valence-electron chi connectivity index (χ1n) is 10.4. The number of ether oxygens (including phenoxy) is 1. The Labute approximate surface area is 188 Å². The number of rotatable bonds is 7. The molecule has 0 amide bonds. The van der Waals surface area contributed by atoms with Gasteiger partial charge in [0.25, 0.3) is 0 Å². The van der Waals surface area contributed by atoms with Crippen molar-refractivity contribution < 1.29 is 26.3 Å². The minimum atomic E-state index is -4.84. The molecule has 1 aromatic heterocycles. The number of aromatic nitrogens is 2. The first kappa shape index (κ1) is 23.3. The number of imidazole rings is 1. The van der Waals surface area contributed by atoms with Crippen LogP contribution in [-0.2, 0) is 10.0 Å². The molecule has 0 saturated carbocycles. The summed E-state index contributed by atoms with van der Waals surface area (Å²) in [5.74, 6) is -0.487. The van der Waals surface area contributed by atoms with E-state index in [2.05, 4.69) is 19.3 Å². The average molecular weight is 485 g/mol. The second-order valence-corrected chi connectivity index (χ2v) is 9.57. The van der Waals surface area contributed by atoms with Gasteiger partial charge in [-0.2, -0.15) is 0 Å². The molecule has 1 fully saturated rings. The molecular formula is C21H23F3N4O4S. The Morgan fingerprint density at radius 3 is 2.39 bits per heavy atom. The number of hydrogen-bond acceptors (Lipinski definition) is 5. The fourth-order valence-electron chi connectivity index (χ4n) is 4.08. The highest BCUT2D eigenvalue weighted by atomic mass is 32.2. The third-order valence-electron chi connectivity index (χ3n) is 5.63. The number of piperidine rings is 1. The number of nitrogens with zero attached hydrogens (tertiary/aromatic N) is 2. The summed E-state index contributed by atoms with van der Waals surface area (Å²) in [7, 11) is -3.86. The Morgan fingerprint density at radius 2 is 1.73 bits per heavy atom. The maximum atomic E-state index is 12.4. The molecule has 2 aromatic carbocycles. The molecule has 4 rings (SSSR count). The summed E-state index contributed by atoms with van der Waals surface area (Å²) >= 11 is 0. The SMILES string of the molecule is O=c1[nH]c2ccccc2n1C1CCN(CCNS(=O)(=O)c2ccc(OC(F)(F)F)cc2)CC1. The zero-order valence-electron chi connectivity index (χ0n) is 17.5. The Hall–Kier alpha value is -2.83. The van der Waals surface area contributed by atoms with Crippen LogP contribution in [0, 0.1) is 0 Å². The maximum Gasteiger partial charge on any atom is 0.573 e. The molecule has 0 bridgehead atoms. The lowest BCUT2D eigenvalue weighted by Crippen LogP contribution is -2.41. The molecule has 178 valence electrons. The molecule has 0 spiro atoms. The lowest BCUT2D eigenvalue weighted by Gasteiger charge is -2.32. The normalized spacial score (nSPS) is 16.3. The van der Waals surface area contributed by atoms with Crippen LogP contribution in [0.3, 0.4) is 0 Å². The van der Waals surface area contributed by atoms with Crippen molar-refractivity contribution in [3.63, 3.8) is 0 Å². The van der Waals surface area contributed by atoms with E-state index in [9.17, 15) is 26.4 Å². The van der Waals surface area contributed by atoms with Gasteiger partial charge in [-0.1, -0.05) is 12.1 Å². The molecule has 1 saturated heterocycles. The van der Waals surface area contributed by atoms with Crippen molar-refractivity contribution in [3.8, 4) is 5.75 Å². The number of fused-ring (bicyclic) bond motifs is 1. The fourth-order valence-corrected chi connectivity index (χ4v) is 5.10. The summed E-state index contributed by atoms with van der Waals surface area (Å²) in [4.78, 5) is 17.2. The number of H-pyrrole nitrogens is 1. The number of alkyl halides is 3. The lowest BCUT2D eigenvalue weighted by molar-refractivity contribution is -0.274. The average Bonchev–Trinajstić information content (AvgIpc) is 3.09.